The molecule has 0 bridgehead atoms. The quantitative estimate of drug-likeness (QED) is 0.220. The fourth-order valence-corrected chi connectivity index (χ4v) is 3.72. The van der Waals surface area contributed by atoms with Gasteiger partial charge in [0.25, 0.3) is 0 Å². The van der Waals surface area contributed by atoms with Crippen LogP contribution in [0, 0.1) is 5.92 Å². The van der Waals surface area contributed by atoms with Crippen molar-refractivity contribution in [3.63, 3.8) is 0 Å². The van der Waals surface area contributed by atoms with Gasteiger partial charge >= 0.3 is 5.97 Å². The molecule has 4 heteroatoms. The minimum Gasteiger partial charge on any atom is -0.481 e. The number of carboxylic acid groups (broad SMARTS) is 1. The normalized spacial score (nSPS) is 12.3. The lowest BCUT2D eigenvalue weighted by atomic mass is 9.99. The molecule has 0 spiro atoms. The van der Waals surface area contributed by atoms with Crippen LogP contribution in [0.15, 0.2) is 0 Å². The van der Waals surface area contributed by atoms with Crippen LogP contribution in [-0.2, 0) is 9.59 Å². The largest absolute Gasteiger partial charge is 0.481 e. The number of rotatable bonds is 20. The van der Waals surface area contributed by atoms with Gasteiger partial charge in [0.1, 0.15) is 0 Å². The molecule has 1 atom stereocenters. The molecule has 0 aromatic heterocycles. The van der Waals surface area contributed by atoms with Crippen LogP contribution in [0.25, 0.3) is 0 Å². The van der Waals surface area contributed by atoms with Crippen molar-refractivity contribution in [3.8, 4) is 0 Å². The van der Waals surface area contributed by atoms with E-state index in [1.165, 1.54) is 70.6 Å². The van der Waals surface area contributed by atoms with Crippen molar-refractivity contribution >= 4 is 11.9 Å². The number of hydrogen-bond donors (Lipinski definition) is 2. The van der Waals surface area contributed by atoms with Crippen molar-refractivity contribution in [2.75, 3.05) is 0 Å². The summed E-state index contributed by atoms with van der Waals surface area (Å²) in [6.07, 6.45) is 19.0. The van der Waals surface area contributed by atoms with Gasteiger partial charge in [-0.05, 0) is 25.2 Å². The molecule has 0 fully saturated rings. The Bertz CT molecular complexity index is 382. The van der Waals surface area contributed by atoms with E-state index in [0.717, 1.165) is 19.3 Å². The molecule has 0 aliphatic carbocycles. The van der Waals surface area contributed by atoms with Crippen molar-refractivity contribution in [1.82, 2.24) is 5.32 Å². The second kappa shape index (κ2) is 19.3. The van der Waals surface area contributed by atoms with Gasteiger partial charge in [-0.2, -0.15) is 0 Å². The topological polar surface area (TPSA) is 66.4 Å². The molecule has 1 amide bonds. The highest BCUT2D eigenvalue weighted by atomic mass is 16.4. The summed E-state index contributed by atoms with van der Waals surface area (Å²) < 4.78 is 0. The summed E-state index contributed by atoms with van der Waals surface area (Å²) in [6.45, 7) is 6.47. The van der Waals surface area contributed by atoms with Crippen LogP contribution in [0.5, 0.6) is 0 Å². The number of carboxylic acids is 1. The van der Waals surface area contributed by atoms with Crippen molar-refractivity contribution in [2.45, 2.75) is 136 Å². The molecule has 0 unspecified atom stereocenters. The van der Waals surface area contributed by atoms with Crippen LogP contribution in [0.1, 0.15) is 130 Å². The smallest absolute Gasteiger partial charge is 0.303 e. The highest BCUT2D eigenvalue weighted by Crippen LogP contribution is 2.14. The average Bonchev–Trinajstić information content (AvgIpc) is 2.63. The van der Waals surface area contributed by atoms with Crippen molar-refractivity contribution < 1.29 is 14.7 Å². The summed E-state index contributed by atoms with van der Waals surface area (Å²) in [5, 5.41) is 11.9. The van der Waals surface area contributed by atoms with Gasteiger partial charge in [-0.1, -0.05) is 97.8 Å². The number of nitrogens with one attached hydrogen (secondary N) is 1. The zero-order valence-corrected chi connectivity index (χ0v) is 18.9. The Labute approximate surface area is 174 Å². The van der Waals surface area contributed by atoms with Gasteiger partial charge in [-0.3, -0.25) is 9.59 Å². The Morgan fingerprint density at radius 3 is 1.64 bits per heavy atom. The molecule has 0 aromatic carbocycles. The highest BCUT2D eigenvalue weighted by Gasteiger charge is 2.15. The first-order chi connectivity index (χ1) is 13.5. The number of amides is 1. The van der Waals surface area contributed by atoms with Crippen LogP contribution in [-0.4, -0.2) is 23.0 Å². The van der Waals surface area contributed by atoms with Crippen molar-refractivity contribution in [3.05, 3.63) is 0 Å². The number of carbonyl (C=O) groups excluding carboxylic acids is 1. The SMILES string of the molecule is CCCCCCCCCCCCCCCC(=O)N[C@H](CCC(=O)O)CC(C)C. The monoisotopic (exact) mass is 397 g/mol. The molecule has 4 nitrogen and oxygen atoms in total. The van der Waals surface area contributed by atoms with Crippen LogP contribution in [0.4, 0.5) is 0 Å². The van der Waals surface area contributed by atoms with Crippen molar-refractivity contribution in [1.29, 1.82) is 0 Å². The first-order valence-corrected chi connectivity index (χ1v) is 12.0. The third-order valence-electron chi connectivity index (χ3n) is 5.34. The standard InChI is InChI=1S/C24H47NO3/c1-4-5-6-7-8-9-10-11-12-13-14-15-16-17-23(26)25-22(20-21(2)3)18-19-24(27)28/h21-22H,4-20H2,1-3H3,(H,25,26)(H,27,28)/t22-/m1/s1. The van der Waals surface area contributed by atoms with E-state index in [1.54, 1.807) is 0 Å². The van der Waals surface area contributed by atoms with Gasteiger partial charge < -0.3 is 10.4 Å². The van der Waals surface area contributed by atoms with E-state index in [9.17, 15) is 9.59 Å². The van der Waals surface area contributed by atoms with Gasteiger partial charge in [-0.25, -0.2) is 0 Å². The maximum atomic E-state index is 12.1. The van der Waals surface area contributed by atoms with E-state index in [1.807, 2.05) is 0 Å². The lowest BCUT2D eigenvalue weighted by Crippen LogP contribution is -2.36. The zero-order chi connectivity index (χ0) is 21.0. The van der Waals surface area contributed by atoms with Crippen molar-refractivity contribution in [2.24, 2.45) is 5.92 Å². The highest BCUT2D eigenvalue weighted by molar-refractivity contribution is 5.76. The molecular weight excluding hydrogens is 350 g/mol. The molecule has 166 valence electrons. The van der Waals surface area contributed by atoms with E-state index >= 15 is 0 Å². The second-order valence-electron chi connectivity index (χ2n) is 8.82. The number of unbranched alkanes of at least 4 members (excludes halogenated alkanes) is 12. The Hall–Kier alpha value is -1.06. The fraction of sp³-hybridized carbons (Fsp3) is 0.917. The predicted molar refractivity (Wildman–Crippen MR) is 119 cm³/mol. The summed E-state index contributed by atoms with van der Waals surface area (Å²) in [5.74, 6) is -0.256. The second-order valence-corrected chi connectivity index (χ2v) is 8.82. The first kappa shape index (κ1) is 26.9. The molecular formula is C24H47NO3. The van der Waals surface area contributed by atoms with Gasteiger partial charge in [0.15, 0.2) is 0 Å². The molecule has 2 N–H and O–H groups in total. The lowest BCUT2D eigenvalue weighted by molar-refractivity contribution is -0.137. The fourth-order valence-electron chi connectivity index (χ4n) is 3.72. The third-order valence-corrected chi connectivity index (χ3v) is 5.34. The lowest BCUT2D eigenvalue weighted by Gasteiger charge is -2.20. The molecule has 0 radical (unpaired) electrons. The predicted octanol–water partition coefficient (Wildman–Crippen LogP) is 6.86. The molecule has 0 saturated carbocycles. The van der Waals surface area contributed by atoms with Gasteiger partial charge in [0.05, 0.1) is 0 Å². The molecule has 0 saturated heterocycles. The van der Waals surface area contributed by atoms with Crippen LogP contribution in [0.3, 0.4) is 0 Å². The number of aliphatic carboxylic acids is 1. The summed E-state index contributed by atoms with van der Waals surface area (Å²) in [7, 11) is 0. The average molecular weight is 398 g/mol. The van der Waals surface area contributed by atoms with Crippen LogP contribution >= 0.6 is 0 Å². The van der Waals surface area contributed by atoms with E-state index in [4.69, 9.17) is 5.11 Å². The van der Waals surface area contributed by atoms with Crippen LogP contribution < -0.4 is 5.32 Å². The summed E-state index contributed by atoms with van der Waals surface area (Å²) in [5.41, 5.74) is 0. The first-order valence-electron chi connectivity index (χ1n) is 12.0. The van der Waals surface area contributed by atoms with E-state index < -0.39 is 5.97 Å². The number of carbonyl (C=O) groups is 2. The van der Waals surface area contributed by atoms with Gasteiger partial charge in [0.2, 0.25) is 5.91 Å². The van der Waals surface area contributed by atoms with Gasteiger partial charge in [0, 0.05) is 18.9 Å². The Morgan fingerprint density at radius 1 is 0.750 bits per heavy atom. The Morgan fingerprint density at radius 2 is 1.21 bits per heavy atom. The molecule has 0 aliphatic heterocycles. The molecule has 0 aliphatic rings. The van der Waals surface area contributed by atoms with Crippen LogP contribution in [0.2, 0.25) is 0 Å². The summed E-state index contributed by atoms with van der Waals surface area (Å²) in [4.78, 5) is 22.9. The summed E-state index contributed by atoms with van der Waals surface area (Å²) in [6, 6.07) is -0.00873. The maximum absolute atomic E-state index is 12.1. The maximum Gasteiger partial charge on any atom is 0.303 e. The molecule has 28 heavy (non-hydrogen) atoms. The zero-order valence-electron chi connectivity index (χ0n) is 18.9. The van der Waals surface area contributed by atoms with E-state index in [-0.39, 0.29) is 18.4 Å². The molecule has 0 aromatic rings. The molecule has 0 heterocycles. The Balaban J connectivity index is 3.57. The van der Waals surface area contributed by atoms with E-state index in [0.29, 0.717) is 18.8 Å². The minimum absolute atomic E-state index is 0.00873. The Kier molecular flexibility index (Phi) is 18.5. The summed E-state index contributed by atoms with van der Waals surface area (Å²) >= 11 is 0. The van der Waals surface area contributed by atoms with E-state index in [2.05, 4.69) is 26.1 Å². The third kappa shape index (κ3) is 19.7. The van der Waals surface area contributed by atoms with Gasteiger partial charge in [-0.15, -0.1) is 0 Å². The molecule has 0 rings (SSSR count). The minimum atomic E-state index is -0.792. The number of hydrogen-bond acceptors (Lipinski definition) is 2.